The van der Waals surface area contributed by atoms with E-state index in [1.165, 1.54) is 0 Å². The number of nitrogens with one attached hydrogen (secondary N) is 3. The molecule has 0 fully saturated rings. The summed E-state index contributed by atoms with van der Waals surface area (Å²) in [6.07, 6.45) is 0. The quantitative estimate of drug-likeness (QED) is 0.102. The third kappa shape index (κ3) is 14.2. The Morgan fingerprint density at radius 3 is 1.19 bits per heavy atom. The van der Waals surface area contributed by atoms with Gasteiger partial charge in [-0.1, -0.05) is 121 Å². The number of amides is 3. The molecule has 0 aliphatic rings. The second-order valence-corrected chi connectivity index (χ2v) is 12.4. The minimum Gasteiger partial charge on any atom is -0.478 e. The van der Waals surface area contributed by atoms with E-state index in [4.69, 9.17) is 10.8 Å². The first-order valence-electron chi connectivity index (χ1n) is 18.0. The fraction of sp³-hybridized carbons (Fsp3) is 0.0417. The van der Waals surface area contributed by atoms with Gasteiger partial charge in [0.05, 0.1) is 16.8 Å². The second kappa shape index (κ2) is 22.4. The van der Waals surface area contributed by atoms with Crippen molar-refractivity contribution in [2.45, 2.75) is 13.8 Å². The molecule has 7 rings (SSSR count). The number of carboxylic acid groups (broad SMARTS) is 1. The Morgan fingerprint density at radius 2 is 0.772 bits per heavy atom. The Balaban J connectivity index is 0.000000187. The lowest BCUT2D eigenvalue weighted by molar-refractivity contribution is 0.0695. The molecule has 0 radical (unpaired) electrons. The first kappa shape index (κ1) is 42.0. The van der Waals surface area contributed by atoms with Gasteiger partial charge in [0, 0.05) is 28.2 Å². The fourth-order valence-electron chi connectivity index (χ4n) is 5.11. The molecule has 0 unspecified atom stereocenters. The smallest absolute Gasteiger partial charge is 0.335 e. The summed E-state index contributed by atoms with van der Waals surface area (Å²) in [6.45, 7) is 3.71. The molecule has 9 nitrogen and oxygen atoms in total. The Hall–Kier alpha value is -7.78. The van der Waals surface area contributed by atoms with Gasteiger partial charge < -0.3 is 26.8 Å². The molecule has 9 heteroatoms. The van der Waals surface area contributed by atoms with Gasteiger partial charge in [-0.2, -0.15) is 0 Å². The lowest BCUT2D eigenvalue weighted by Gasteiger charge is -2.11. The molecule has 0 bridgehead atoms. The highest BCUT2D eigenvalue weighted by Gasteiger charge is 2.14. The molecule has 0 aromatic heterocycles. The van der Waals surface area contributed by atoms with Gasteiger partial charge in [-0.3, -0.25) is 14.4 Å². The fourth-order valence-corrected chi connectivity index (χ4v) is 5.11. The molecule has 7 aromatic rings. The van der Waals surface area contributed by atoms with Crippen LogP contribution in [0.15, 0.2) is 194 Å². The monoisotopic (exact) mass is 756 g/mol. The lowest BCUT2D eigenvalue weighted by atomic mass is 10.1. The number of carboxylic acids is 1. The summed E-state index contributed by atoms with van der Waals surface area (Å²) in [4.78, 5) is 47.1. The molecule has 0 saturated heterocycles. The van der Waals surface area contributed by atoms with Crippen LogP contribution in [0, 0.1) is 13.8 Å². The number of para-hydroxylation sites is 4. The molecule has 3 amide bonds. The van der Waals surface area contributed by atoms with Crippen molar-refractivity contribution in [1.29, 1.82) is 0 Å². The van der Waals surface area contributed by atoms with Crippen molar-refractivity contribution in [3.05, 3.63) is 228 Å². The molecule has 0 aliphatic carbocycles. The van der Waals surface area contributed by atoms with Crippen LogP contribution < -0.4 is 21.7 Å². The topological polar surface area (TPSA) is 151 Å². The molecule has 57 heavy (non-hydrogen) atoms. The summed E-state index contributed by atoms with van der Waals surface area (Å²) in [5.74, 6) is -1.46. The zero-order chi connectivity index (χ0) is 40.8. The maximum atomic E-state index is 12.5. The van der Waals surface area contributed by atoms with Gasteiger partial charge in [-0.25, -0.2) is 4.79 Å². The molecule has 0 heterocycles. The largest absolute Gasteiger partial charge is 0.478 e. The van der Waals surface area contributed by atoms with Crippen LogP contribution in [0.1, 0.15) is 52.6 Å². The third-order valence-electron chi connectivity index (χ3n) is 8.08. The SMILES string of the molecule is Cc1ccccc1C(=O)Nc1ccccc1.Cc1ccccc1C(=O)O.Nc1ccccc1.O=C(Nc1ccccc1C(=O)Nc1ccccc1)c1ccccc1. The standard InChI is InChI=1S/C20H16N2O2.C14H13NO.C8H8O2.C6H7N/c23-19(15-9-3-1-4-10-15)22-18-14-8-7-13-17(18)20(24)21-16-11-5-2-6-12-16;1-11-7-5-6-10-13(11)14(16)15-12-8-3-2-4-9-12;1-6-4-2-3-5-7(6)8(9)10;7-6-4-2-1-3-5-6/h1-14H,(H,21,24)(H,22,23);2-10H,1H3,(H,15,16);2-5H,1H3,(H,9,10);1-5H,7H2. The van der Waals surface area contributed by atoms with Gasteiger partial charge in [0.25, 0.3) is 17.7 Å². The van der Waals surface area contributed by atoms with Crippen molar-refractivity contribution < 1.29 is 24.3 Å². The van der Waals surface area contributed by atoms with Gasteiger partial charge in [0.15, 0.2) is 0 Å². The van der Waals surface area contributed by atoms with Crippen LogP contribution in [0.2, 0.25) is 0 Å². The summed E-state index contributed by atoms with van der Waals surface area (Å²) in [5, 5.41) is 17.0. The highest BCUT2D eigenvalue weighted by molar-refractivity contribution is 6.12. The number of hydrogen-bond acceptors (Lipinski definition) is 5. The van der Waals surface area contributed by atoms with Crippen molar-refractivity contribution in [2.24, 2.45) is 0 Å². The molecule has 0 saturated carbocycles. The van der Waals surface area contributed by atoms with Crippen molar-refractivity contribution in [3.63, 3.8) is 0 Å². The lowest BCUT2D eigenvalue weighted by Crippen LogP contribution is -2.18. The van der Waals surface area contributed by atoms with E-state index in [1.54, 1.807) is 73.7 Å². The van der Waals surface area contributed by atoms with Crippen molar-refractivity contribution in [1.82, 2.24) is 0 Å². The van der Waals surface area contributed by atoms with Crippen LogP contribution in [0.3, 0.4) is 0 Å². The van der Waals surface area contributed by atoms with E-state index in [0.717, 1.165) is 22.5 Å². The molecule has 0 aliphatic heterocycles. The molecule has 0 atom stereocenters. The molecule has 6 N–H and O–H groups in total. The maximum Gasteiger partial charge on any atom is 0.335 e. The molecular weight excluding hydrogens is 713 g/mol. The van der Waals surface area contributed by atoms with Crippen LogP contribution in [0.25, 0.3) is 0 Å². The number of anilines is 4. The average Bonchev–Trinajstić information content (AvgIpc) is 3.23. The van der Waals surface area contributed by atoms with E-state index in [1.807, 2.05) is 134 Å². The van der Waals surface area contributed by atoms with Crippen LogP contribution in [-0.2, 0) is 0 Å². The predicted octanol–water partition coefficient (Wildman–Crippen LogP) is 10.4. The van der Waals surface area contributed by atoms with Gasteiger partial charge in [0.1, 0.15) is 0 Å². The predicted molar refractivity (Wildman–Crippen MR) is 230 cm³/mol. The number of nitrogens with two attached hydrogens (primary N) is 1. The van der Waals surface area contributed by atoms with Crippen LogP contribution >= 0.6 is 0 Å². The van der Waals surface area contributed by atoms with Crippen molar-refractivity contribution >= 4 is 46.4 Å². The molecule has 286 valence electrons. The molecular formula is C48H44N4O5. The number of rotatable bonds is 7. The molecule has 7 aromatic carbocycles. The number of hydrogen-bond donors (Lipinski definition) is 5. The number of carbonyl (C=O) groups is 4. The van der Waals surface area contributed by atoms with Gasteiger partial charge in [0.2, 0.25) is 0 Å². The van der Waals surface area contributed by atoms with Crippen LogP contribution in [0.5, 0.6) is 0 Å². The Morgan fingerprint density at radius 1 is 0.404 bits per heavy atom. The average molecular weight is 757 g/mol. The van der Waals surface area contributed by atoms with Crippen molar-refractivity contribution in [3.8, 4) is 0 Å². The maximum absolute atomic E-state index is 12.5. The van der Waals surface area contributed by atoms with Gasteiger partial charge >= 0.3 is 5.97 Å². The Kier molecular flexibility index (Phi) is 16.5. The highest BCUT2D eigenvalue weighted by Crippen LogP contribution is 2.19. The minimum absolute atomic E-state index is 0.0655. The summed E-state index contributed by atoms with van der Waals surface area (Å²) < 4.78 is 0. The number of carbonyl (C=O) groups excluding carboxylic acids is 3. The van der Waals surface area contributed by atoms with E-state index in [2.05, 4.69) is 16.0 Å². The van der Waals surface area contributed by atoms with Crippen LogP contribution in [0.4, 0.5) is 22.7 Å². The van der Waals surface area contributed by atoms with E-state index < -0.39 is 5.97 Å². The summed E-state index contributed by atoms with van der Waals surface area (Å²) >= 11 is 0. The minimum atomic E-state index is -0.863. The van der Waals surface area contributed by atoms with E-state index >= 15 is 0 Å². The second-order valence-electron chi connectivity index (χ2n) is 12.4. The first-order chi connectivity index (χ1) is 27.6. The summed E-state index contributed by atoms with van der Waals surface area (Å²) in [6, 6.07) is 58.4. The summed E-state index contributed by atoms with van der Waals surface area (Å²) in [7, 11) is 0. The zero-order valence-electron chi connectivity index (χ0n) is 31.6. The van der Waals surface area contributed by atoms with Crippen molar-refractivity contribution in [2.75, 3.05) is 21.7 Å². The normalized spacial score (nSPS) is 9.65. The van der Waals surface area contributed by atoms with E-state index in [0.29, 0.717) is 33.6 Å². The number of aromatic carboxylic acids is 1. The van der Waals surface area contributed by atoms with Gasteiger partial charge in [-0.05, 0) is 97.8 Å². The number of nitrogen functional groups attached to an aromatic ring is 1. The number of aryl methyl sites for hydroxylation is 2. The van der Waals surface area contributed by atoms with Gasteiger partial charge in [-0.15, -0.1) is 0 Å². The highest BCUT2D eigenvalue weighted by atomic mass is 16.4. The van der Waals surface area contributed by atoms with E-state index in [-0.39, 0.29) is 17.7 Å². The zero-order valence-corrected chi connectivity index (χ0v) is 31.6. The van der Waals surface area contributed by atoms with Crippen LogP contribution in [-0.4, -0.2) is 28.8 Å². The summed E-state index contributed by atoms with van der Waals surface area (Å²) in [5.41, 5.74) is 12.0. The number of benzene rings is 7. The molecule has 0 spiro atoms. The third-order valence-corrected chi connectivity index (χ3v) is 8.08. The Bertz CT molecular complexity index is 2340. The van der Waals surface area contributed by atoms with E-state index in [9.17, 15) is 19.2 Å². The first-order valence-corrected chi connectivity index (χ1v) is 18.0. The Labute approximate surface area is 332 Å².